The van der Waals surface area contributed by atoms with Crippen molar-refractivity contribution < 1.29 is 45.8 Å². The number of carboxylic acids is 2. The van der Waals surface area contributed by atoms with Gasteiger partial charge in [-0.15, -0.1) is 0 Å². The highest BCUT2D eigenvalue weighted by Crippen LogP contribution is 2.32. The Kier molecular flexibility index (Phi) is 9.48. The molecule has 14 heteroatoms. The van der Waals surface area contributed by atoms with Crippen LogP contribution in [0.4, 0.5) is 34.6 Å². The normalized spacial score (nSPS) is 15.5. The van der Waals surface area contributed by atoms with E-state index in [4.69, 9.17) is 9.90 Å². The quantitative estimate of drug-likeness (QED) is 0.340. The number of aliphatic carboxylic acids is 1. The van der Waals surface area contributed by atoms with Crippen molar-refractivity contribution in [2.24, 2.45) is 0 Å². The number of aryl methyl sites for hydroxylation is 1. The molecule has 0 saturated carbocycles. The Morgan fingerprint density at radius 3 is 2.15 bits per heavy atom. The van der Waals surface area contributed by atoms with Crippen LogP contribution in [0.25, 0.3) is 0 Å². The summed E-state index contributed by atoms with van der Waals surface area (Å²) in [5, 5.41) is 16.6. The second kappa shape index (κ2) is 12.5. The van der Waals surface area contributed by atoms with E-state index in [0.29, 0.717) is 18.8 Å². The van der Waals surface area contributed by atoms with Crippen molar-refractivity contribution in [1.29, 1.82) is 0 Å². The maximum Gasteiger partial charge on any atom is 0.490 e. The smallest absolute Gasteiger partial charge is 0.478 e. The van der Waals surface area contributed by atoms with Gasteiger partial charge < -0.3 is 20.0 Å². The van der Waals surface area contributed by atoms with Gasteiger partial charge in [-0.3, -0.25) is 4.72 Å². The number of anilines is 3. The lowest BCUT2D eigenvalue weighted by atomic mass is 10.1. The van der Waals surface area contributed by atoms with Crippen LogP contribution < -0.4 is 14.5 Å². The van der Waals surface area contributed by atoms with Crippen LogP contribution in [0.2, 0.25) is 0 Å². The van der Waals surface area contributed by atoms with Crippen LogP contribution in [0.1, 0.15) is 22.8 Å². The van der Waals surface area contributed by atoms with Crippen molar-refractivity contribution in [2.75, 3.05) is 34.2 Å². The van der Waals surface area contributed by atoms with Crippen molar-refractivity contribution in [1.82, 2.24) is 0 Å². The Balaban J connectivity index is 0.000000587. The number of piperazine rings is 1. The predicted molar refractivity (Wildman–Crippen MR) is 145 cm³/mol. The first kappa shape index (κ1) is 31.2. The molecule has 1 heterocycles. The highest BCUT2D eigenvalue weighted by Gasteiger charge is 2.38. The van der Waals surface area contributed by atoms with Crippen molar-refractivity contribution in [3.63, 3.8) is 0 Å². The number of alkyl halides is 3. The molecule has 1 aliphatic heterocycles. The van der Waals surface area contributed by atoms with Crippen molar-refractivity contribution >= 4 is 39.0 Å². The first-order valence-corrected chi connectivity index (χ1v) is 13.6. The number of aromatic carboxylic acids is 1. The average molecular weight is 598 g/mol. The third-order valence-electron chi connectivity index (χ3n) is 6.16. The van der Waals surface area contributed by atoms with Crippen molar-refractivity contribution in [3.8, 4) is 0 Å². The molecule has 220 valence electrons. The lowest BCUT2D eigenvalue weighted by Crippen LogP contribution is -2.52. The van der Waals surface area contributed by atoms with Gasteiger partial charge in [0.2, 0.25) is 0 Å². The summed E-state index contributed by atoms with van der Waals surface area (Å²) in [6.45, 7) is 6.10. The molecule has 9 nitrogen and oxygen atoms in total. The van der Waals surface area contributed by atoms with Crippen LogP contribution in [-0.4, -0.2) is 62.4 Å². The molecule has 0 spiro atoms. The number of benzene rings is 3. The number of nitrogens with zero attached hydrogens (tertiary/aromatic N) is 2. The monoisotopic (exact) mass is 597 g/mol. The van der Waals surface area contributed by atoms with E-state index in [2.05, 4.69) is 28.7 Å². The van der Waals surface area contributed by atoms with Gasteiger partial charge in [-0.05, 0) is 74.0 Å². The zero-order chi connectivity index (χ0) is 30.5. The minimum Gasteiger partial charge on any atom is -0.478 e. The Morgan fingerprint density at radius 2 is 1.61 bits per heavy atom. The van der Waals surface area contributed by atoms with Crippen LogP contribution in [0.15, 0.2) is 71.6 Å². The van der Waals surface area contributed by atoms with Gasteiger partial charge in [0.15, 0.2) is 0 Å². The third kappa shape index (κ3) is 8.10. The lowest BCUT2D eigenvalue weighted by Gasteiger charge is -2.43. The van der Waals surface area contributed by atoms with Crippen LogP contribution >= 0.6 is 0 Å². The topological polar surface area (TPSA) is 127 Å². The molecular formula is C27H27F4N3O6S. The zero-order valence-corrected chi connectivity index (χ0v) is 22.7. The summed E-state index contributed by atoms with van der Waals surface area (Å²) in [6.07, 6.45) is -5.08. The fourth-order valence-electron chi connectivity index (χ4n) is 4.21. The lowest BCUT2D eigenvalue weighted by molar-refractivity contribution is -0.192. The second-order valence-electron chi connectivity index (χ2n) is 9.23. The molecule has 4 rings (SSSR count). The number of carboxylic acid groups (broad SMARTS) is 2. The van der Waals surface area contributed by atoms with E-state index < -0.39 is 34.0 Å². The Bertz CT molecular complexity index is 1510. The SMILES string of the molecule is Cc1cccc(N2CCN(c3ccc(C(=O)O)cc3NS(=O)(=O)c3ccc(F)cc3)CC2C)c1.O=C(O)C(F)(F)F. The van der Waals surface area contributed by atoms with Gasteiger partial charge in [-0.2, -0.15) is 13.2 Å². The summed E-state index contributed by atoms with van der Waals surface area (Å²) < 4.78 is 73.4. The van der Waals surface area contributed by atoms with Gasteiger partial charge in [-0.25, -0.2) is 22.4 Å². The molecule has 1 atom stereocenters. The van der Waals surface area contributed by atoms with E-state index in [1.165, 1.54) is 29.8 Å². The summed E-state index contributed by atoms with van der Waals surface area (Å²) in [7, 11) is -4.05. The maximum atomic E-state index is 13.3. The molecule has 0 aromatic heterocycles. The van der Waals surface area contributed by atoms with E-state index in [9.17, 15) is 35.9 Å². The van der Waals surface area contributed by atoms with Gasteiger partial charge in [0.05, 0.1) is 21.8 Å². The van der Waals surface area contributed by atoms with Crippen molar-refractivity contribution in [2.45, 2.75) is 31.0 Å². The predicted octanol–water partition coefficient (Wildman–Crippen LogP) is 4.98. The molecule has 0 aliphatic carbocycles. The molecule has 1 unspecified atom stereocenters. The van der Waals surface area contributed by atoms with Gasteiger partial charge in [0.1, 0.15) is 5.82 Å². The Morgan fingerprint density at radius 1 is 0.976 bits per heavy atom. The highest BCUT2D eigenvalue weighted by atomic mass is 32.2. The van der Waals surface area contributed by atoms with E-state index in [0.717, 1.165) is 24.4 Å². The first-order chi connectivity index (χ1) is 19.1. The number of hydrogen-bond acceptors (Lipinski definition) is 6. The fraction of sp³-hybridized carbons (Fsp3) is 0.259. The van der Waals surface area contributed by atoms with Crippen LogP contribution in [0, 0.1) is 12.7 Å². The molecule has 1 saturated heterocycles. The molecule has 0 bridgehead atoms. The molecule has 0 radical (unpaired) electrons. The minimum atomic E-state index is -5.08. The number of carbonyl (C=O) groups is 2. The highest BCUT2D eigenvalue weighted by molar-refractivity contribution is 7.92. The molecule has 3 N–H and O–H groups in total. The summed E-state index contributed by atoms with van der Waals surface area (Å²) in [5.41, 5.74) is 3.03. The number of sulfonamides is 1. The van der Waals surface area contributed by atoms with E-state index in [1.54, 1.807) is 6.07 Å². The van der Waals surface area contributed by atoms with E-state index >= 15 is 0 Å². The summed E-state index contributed by atoms with van der Waals surface area (Å²) in [6, 6.07) is 17.3. The Hall–Kier alpha value is -4.33. The number of hydrogen-bond donors (Lipinski definition) is 3. The molecule has 41 heavy (non-hydrogen) atoms. The van der Waals surface area contributed by atoms with Crippen LogP contribution in [0.3, 0.4) is 0 Å². The second-order valence-corrected chi connectivity index (χ2v) is 10.9. The van der Waals surface area contributed by atoms with Crippen molar-refractivity contribution in [3.05, 3.63) is 83.7 Å². The minimum absolute atomic E-state index is 0.0352. The summed E-state index contributed by atoms with van der Waals surface area (Å²) in [4.78, 5) is 24.7. The third-order valence-corrected chi connectivity index (χ3v) is 7.54. The molecule has 1 aliphatic rings. The van der Waals surface area contributed by atoms with Gasteiger partial charge in [0, 0.05) is 31.4 Å². The molecule has 3 aromatic rings. The van der Waals surface area contributed by atoms with Crippen LogP contribution in [-0.2, 0) is 14.8 Å². The van der Waals surface area contributed by atoms with Gasteiger partial charge in [-0.1, -0.05) is 12.1 Å². The molecule has 1 fully saturated rings. The maximum absolute atomic E-state index is 13.3. The largest absolute Gasteiger partial charge is 0.490 e. The molecule has 3 aromatic carbocycles. The summed E-state index contributed by atoms with van der Waals surface area (Å²) >= 11 is 0. The fourth-order valence-corrected chi connectivity index (χ4v) is 5.28. The summed E-state index contributed by atoms with van der Waals surface area (Å²) in [5.74, 6) is -4.47. The average Bonchev–Trinajstić information content (AvgIpc) is 2.88. The Labute approximate surface area is 233 Å². The van der Waals surface area contributed by atoms with E-state index in [-0.39, 0.29) is 22.2 Å². The van der Waals surface area contributed by atoms with Crippen LogP contribution in [0.5, 0.6) is 0 Å². The number of rotatable bonds is 6. The standard InChI is InChI=1S/C25H26FN3O4S.C2HF3O2/c1-17-4-3-5-21(14-17)29-13-12-28(16-18(29)2)24-11-6-19(25(30)31)15-23(24)27-34(32,33)22-9-7-20(26)8-10-22;3-2(4,5)1(6)7/h3-11,14-15,18,27H,12-13,16H2,1-2H3,(H,30,31);(H,6,7). The van der Waals surface area contributed by atoms with Gasteiger partial charge in [0.25, 0.3) is 10.0 Å². The zero-order valence-electron chi connectivity index (χ0n) is 21.9. The number of nitrogens with one attached hydrogen (secondary N) is 1. The van der Waals surface area contributed by atoms with Gasteiger partial charge >= 0.3 is 18.1 Å². The first-order valence-electron chi connectivity index (χ1n) is 12.1. The number of halogens is 4. The molecular weight excluding hydrogens is 570 g/mol. The van der Waals surface area contributed by atoms with E-state index in [1.807, 2.05) is 24.0 Å². The molecule has 0 amide bonds.